The molecule has 0 bridgehead atoms. The average molecular weight is 483 g/mol. The van der Waals surface area contributed by atoms with Crippen LogP contribution in [0.15, 0.2) is 0 Å². The summed E-state index contributed by atoms with van der Waals surface area (Å²) in [5, 5.41) is 8.69. The fraction of sp³-hybridized carbons (Fsp3) is 0.929. The van der Waals surface area contributed by atoms with E-state index in [1.54, 1.807) is 0 Å². The van der Waals surface area contributed by atoms with Gasteiger partial charge in [-0.25, -0.2) is 0 Å². The Balaban J connectivity index is 1.54. The topological polar surface area (TPSA) is 88.7 Å². The van der Waals surface area contributed by atoms with Crippen LogP contribution in [0.1, 0.15) is 129 Å². The average Bonchev–Trinajstić information content (AvgIpc) is 3.73. The van der Waals surface area contributed by atoms with Crippen LogP contribution in [0.2, 0.25) is 0 Å². The van der Waals surface area contributed by atoms with Crippen molar-refractivity contribution in [2.24, 2.45) is 5.92 Å². The van der Waals surface area contributed by atoms with Crippen molar-refractivity contribution in [1.29, 1.82) is 0 Å². The van der Waals surface area contributed by atoms with Crippen molar-refractivity contribution >= 4 is 11.9 Å². The van der Waals surface area contributed by atoms with Gasteiger partial charge in [-0.2, -0.15) is 0 Å². The van der Waals surface area contributed by atoms with Crippen molar-refractivity contribution in [2.45, 2.75) is 154 Å². The number of ether oxygens (including phenoxy) is 3. The predicted molar refractivity (Wildman–Crippen MR) is 134 cm³/mol. The van der Waals surface area contributed by atoms with E-state index in [1.807, 2.05) is 0 Å². The van der Waals surface area contributed by atoms with Crippen LogP contribution in [0.3, 0.4) is 0 Å². The maximum atomic E-state index is 12.6. The molecule has 5 unspecified atom stereocenters. The molecule has 0 aromatic heterocycles. The quantitative estimate of drug-likeness (QED) is 0.0975. The van der Waals surface area contributed by atoms with Crippen LogP contribution in [0.25, 0.3) is 0 Å². The Kier molecular flexibility index (Phi) is 14.8. The van der Waals surface area contributed by atoms with Gasteiger partial charge in [-0.15, -0.1) is 0 Å². The Morgan fingerprint density at radius 2 is 1.26 bits per heavy atom. The minimum atomic E-state index is -0.715. The predicted octanol–water partition coefficient (Wildman–Crippen LogP) is 6.83. The molecule has 2 heterocycles. The molecule has 6 nitrogen and oxygen atoms in total. The fourth-order valence-electron chi connectivity index (χ4n) is 4.91. The molecule has 0 amide bonds. The number of epoxide rings is 2. The Hall–Kier alpha value is -1.14. The van der Waals surface area contributed by atoms with E-state index in [9.17, 15) is 9.59 Å². The molecule has 6 heteroatoms. The van der Waals surface area contributed by atoms with Crippen molar-refractivity contribution in [2.75, 3.05) is 6.61 Å². The second-order valence-corrected chi connectivity index (χ2v) is 10.3. The zero-order valence-corrected chi connectivity index (χ0v) is 21.8. The summed E-state index contributed by atoms with van der Waals surface area (Å²) in [5.41, 5.74) is 0. The fourth-order valence-corrected chi connectivity index (χ4v) is 4.91. The number of carboxylic acids is 1. The van der Waals surface area contributed by atoms with Crippen LogP contribution in [0.4, 0.5) is 0 Å². The van der Waals surface area contributed by atoms with E-state index in [0.717, 1.165) is 77.0 Å². The Morgan fingerprint density at radius 1 is 0.706 bits per heavy atom. The normalized spacial score (nSPS) is 24.1. The highest BCUT2D eigenvalue weighted by Gasteiger charge is 2.43. The van der Waals surface area contributed by atoms with E-state index in [1.165, 1.54) is 32.1 Å². The number of carbonyl (C=O) groups is 2. The van der Waals surface area contributed by atoms with E-state index >= 15 is 0 Å². The molecule has 2 aliphatic rings. The molecule has 198 valence electrons. The number of hydrogen-bond donors (Lipinski definition) is 1. The third-order valence-corrected chi connectivity index (χ3v) is 7.26. The van der Waals surface area contributed by atoms with Crippen LogP contribution in [-0.2, 0) is 23.8 Å². The monoisotopic (exact) mass is 482 g/mol. The minimum Gasteiger partial charge on any atom is -0.481 e. The second-order valence-electron chi connectivity index (χ2n) is 10.3. The highest BCUT2D eigenvalue weighted by molar-refractivity contribution is 5.72. The summed E-state index contributed by atoms with van der Waals surface area (Å²) in [4.78, 5) is 23.2. The van der Waals surface area contributed by atoms with Gasteiger partial charge in [0.2, 0.25) is 0 Å². The van der Waals surface area contributed by atoms with Gasteiger partial charge in [-0.1, -0.05) is 65.2 Å². The standard InChI is InChI=1S/C28H50O6/c1-3-5-7-9-14-22(28(31)32-21-12-8-6-4-2)15-13-17-24-26(34-24)20-19-25-23(33-25)16-10-11-18-27(29)30/h22-26H,3-21H2,1-2H3,(H,29,30). The van der Waals surface area contributed by atoms with Gasteiger partial charge >= 0.3 is 11.9 Å². The summed E-state index contributed by atoms with van der Waals surface area (Å²) in [7, 11) is 0. The van der Waals surface area contributed by atoms with Crippen LogP contribution in [0.5, 0.6) is 0 Å². The number of esters is 1. The number of hydrogen-bond acceptors (Lipinski definition) is 5. The zero-order chi connectivity index (χ0) is 24.6. The highest BCUT2D eigenvalue weighted by Crippen LogP contribution is 2.37. The van der Waals surface area contributed by atoms with E-state index < -0.39 is 5.97 Å². The van der Waals surface area contributed by atoms with Gasteiger partial charge in [0.05, 0.1) is 36.9 Å². The summed E-state index contributed by atoms with van der Waals surface area (Å²) in [6.07, 6.45) is 19.6. The molecule has 0 aliphatic carbocycles. The third-order valence-electron chi connectivity index (χ3n) is 7.26. The van der Waals surface area contributed by atoms with Crippen LogP contribution in [-0.4, -0.2) is 48.1 Å². The van der Waals surface area contributed by atoms with Crippen LogP contribution in [0, 0.1) is 5.92 Å². The summed E-state index contributed by atoms with van der Waals surface area (Å²) in [5.74, 6) is -0.657. The maximum absolute atomic E-state index is 12.6. The maximum Gasteiger partial charge on any atom is 0.308 e. The van der Waals surface area contributed by atoms with Crippen LogP contribution < -0.4 is 0 Å². The van der Waals surface area contributed by atoms with Crippen molar-refractivity contribution < 1.29 is 28.9 Å². The molecule has 2 fully saturated rings. The molecule has 0 radical (unpaired) electrons. The van der Waals surface area contributed by atoms with E-state index in [4.69, 9.17) is 19.3 Å². The molecular formula is C28H50O6. The largest absolute Gasteiger partial charge is 0.481 e. The molecule has 2 rings (SSSR count). The first kappa shape index (κ1) is 29.1. The zero-order valence-electron chi connectivity index (χ0n) is 21.8. The van der Waals surface area contributed by atoms with E-state index in [0.29, 0.717) is 31.0 Å². The Bertz CT molecular complexity index is 565. The van der Waals surface area contributed by atoms with Gasteiger partial charge in [0.1, 0.15) is 0 Å². The van der Waals surface area contributed by atoms with Gasteiger partial charge in [0.15, 0.2) is 0 Å². The van der Waals surface area contributed by atoms with E-state index in [-0.39, 0.29) is 18.3 Å². The lowest BCUT2D eigenvalue weighted by Gasteiger charge is -2.16. The lowest BCUT2D eigenvalue weighted by atomic mass is 9.94. The van der Waals surface area contributed by atoms with Gasteiger partial charge in [-0.3, -0.25) is 9.59 Å². The SMILES string of the molecule is CCCCCCOC(=O)C(CCCCCC)CCCC1OC1CCC1OC1CCCCC(=O)O. The molecule has 0 spiro atoms. The van der Waals surface area contributed by atoms with Crippen molar-refractivity contribution in [3.05, 3.63) is 0 Å². The summed E-state index contributed by atoms with van der Waals surface area (Å²) in [6, 6.07) is 0. The third kappa shape index (κ3) is 13.1. The summed E-state index contributed by atoms with van der Waals surface area (Å²) in [6.45, 7) is 4.98. The second kappa shape index (κ2) is 17.3. The molecule has 1 N–H and O–H groups in total. The molecule has 34 heavy (non-hydrogen) atoms. The first-order valence-electron chi connectivity index (χ1n) is 14.2. The smallest absolute Gasteiger partial charge is 0.308 e. The number of aliphatic carboxylic acids is 1. The van der Waals surface area contributed by atoms with Crippen LogP contribution >= 0.6 is 0 Å². The summed E-state index contributed by atoms with van der Waals surface area (Å²) >= 11 is 0. The molecule has 0 saturated carbocycles. The van der Waals surface area contributed by atoms with Crippen molar-refractivity contribution in [1.82, 2.24) is 0 Å². The van der Waals surface area contributed by atoms with Gasteiger partial charge in [0, 0.05) is 6.42 Å². The van der Waals surface area contributed by atoms with E-state index in [2.05, 4.69) is 13.8 Å². The number of unbranched alkanes of at least 4 members (excludes halogenated alkanes) is 7. The lowest BCUT2D eigenvalue weighted by molar-refractivity contribution is -0.149. The lowest BCUT2D eigenvalue weighted by Crippen LogP contribution is -2.19. The molecular weight excluding hydrogens is 432 g/mol. The first-order valence-corrected chi connectivity index (χ1v) is 14.2. The molecule has 2 aliphatic heterocycles. The highest BCUT2D eigenvalue weighted by atomic mass is 16.6. The minimum absolute atomic E-state index is 0.0153. The Morgan fingerprint density at radius 3 is 1.88 bits per heavy atom. The molecule has 2 saturated heterocycles. The summed E-state index contributed by atoms with van der Waals surface area (Å²) < 4.78 is 17.2. The number of rotatable bonds is 23. The molecule has 0 aromatic carbocycles. The van der Waals surface area contributed by atoms with Crippen molar-refractivity contribution in [3.8, 4) is 0 Å². The first-order chi connectivity index (χ1) is 16.5. The van der Waals surface area contributed by atoms with Gasteiger partial charge < -0.3 is 19.3 Å². The Labute approximate surface area is 207 Å². The van der Waals surface area contributed by atoms with Gasteiger partial charge in [0.25, 0.3) is 0 Å². The van der Waals surface area contributed by atoms with Gasteiger partial charge in [-0.05, 0) is 57.8 Å². The molecule has 0 aromatic rings. The van der Waals surface area contributed by atoms with Crippen molar-refractivity contribution in [3.63, 3.8) is 0 Å². The number of carboxylic acid groups (broad SMARTS) is 1. The molecule has 5 atom stereocenters. The number of carbonyl (C=O) groups excluding carboxylic acids is 1.